The Hall–Kier alpha value is -0.820. The van der Waals surface area contributed by atoms with E-state index in [1.807, 2.05) is 6.07 Å². The zero-order valence-corrected chi connectivity index (χ0v) is 14.7. The summed E-state index contributed by atoms with van der Waals surface area (Å²) < 4.78 is 0. The zero-order chi connectivity index (χ0) is 15.9. The number of hydrogen-bond acceptors (Lipinski definition) is 1. The number of halogens is 1. The molecule has 0 saturated heterocycles. The van der Waals surface area contributed by atoms with E-state index >= 15 is 0 Å². The van der Waals surface area contributed by atoms with Crippen molar-refractivity contribution < 1.29 is 4.79 Å². The Kier molecular flexibility index (Phi) is 2.80. The van der Waals surface area contributed by atoms with E-state index in [9.17, 15) is 4.79 Å². The highest BCUT2D eigenvalue weighted by atomic mass is 35.5. The fourth-order valence-corrected chi connectivity index (χ4v) is 7.17. The van der Waals surface area contributed by atoms with Gasteiger partial charge in [-0.25, -0.2) is 0 Å². The van der Waals surface area contributed by atoms with Crippen molar-refractivity contribution in [2.45, 2.75) is 51.3 Å². The zero-order valence-electron chi connectivity index (χ0n) is 13.9. The number of alkyl halides is 1. The summed E-state index contributed by atoms with van der Waals surface area (Å²) in [4.78, 5) is 12.6. The molecule has 0 spiro atoms. The molecule has 1 nitrogen and oxygen atoms in total. The summed E-state index contributed by atoms with van der Waals surface area (Å²) in [5.41, 5.74) is 1.36. The van der Waals surface area contributed by atoms with Crippen LogP contribution in [-0.2, 0) is 4.79 Å². The molecule has 3 aliphatic carbocycles. The van der Waals surface area contributed by atoms with Crippen LogP contribution in [0.3, 0.4) is 0 Å². The molecule has 2 heteroatoms. The van der Waals surface area contributed by atoms with Crippen molar-refractivity contribution in [2.24, 2.45) is 28.6 Å². The van der Waals surface area contributed by atoms with Gasteiger partial charge in [0.1, 0.15) is 4.87 Å². The smallest absolute Gasteiger partial charge is 0.158 e. The molecule has 2 bridgehead atoms. The van der Waals surface area contributed by atoms with E-state index < -0.39 is 4.87 Å². The molecule has 0 heterocycles. The van der Waals surface area contributed by atoms with Crippen LogP contribution in [0.5, 0.6) is 0 Å². The van der Waals surface area contributed by atoms with Crippen LogP contribution in [0.25, 0.3) is 0 Å². The average Bonchev–Trinajstić information content (AvgIpc) is 2.90. The third kappa shape index (κ3) is 1.32. The minimum atomic E-state index is -0.667. The van der Waals surface area contributed by atoms with Gasteiger partial charge in [-0.2, -0.15) is 0 Å². The Balaban J connectivity index is 1.91. The Morgan fingerprint density at radius 3 is 2.41 bits per heavy atom. The van der Waals surface area contributed by atoms with Gasteiger partial charge in [-0.15, -0.1) is 11.6 Å². The van der Waals surface area contributed by atoms with Crippen LogP contribution in [0.1, 0.15) is 52.0 Å². The highest BCUT2D eigenvalue weighted by molar-refractivity contribution is 6.38. The Morgan fingerprint density at radius 2 is 1.77 bits per heavy atom. The summed E-state index contributed by atoms with van der Waals surface area (Å²) in [7, 11) is 0. The molecule has 0 aromatic heterocycles. The van der Waals surface area contributed by atoms with Gasteiger partial charge in [0.2, 0.25) is 0 Å². The highest BCUT2D eigenvalue weighted by Gasteiger charge is 2.80. The number of hydrogen-bond donors (Lipinski definition) is 0. The Labute approximate surface area is 138 Å². The lowest BCUT2D eigenvalue weighted by atomic mass is 9.65. The first-order chi connectivity index (χ1) is 10.3. The predicted octanol–water partition coefficient (Wildman–Crippen LogP) is 5.04. The summed E-state index contributed by atoms with van der Waals surface area (Å²) >= 11 is 7.23. The molecule has 0 N–H and O–H groups in total. The third-order valence-electron chi connectivity index (χ3n) is 7.88. The van der Waals surface area contributed by atoms with Crippen LogP contribution < -0.4 is 0 Å². The quantitative estimate of drug-likeness (QED) is 0.663. The van der Waals surface area contributed by atoms with Gasteiger partial charge in [0.15, 0.2) is 5.78 Å². The maximum atomic E-state index is 13.2. The average molecular weight is 317 g/mol. The number of Topliss-reactive ketones (excluding diaryl/α,β-unsaturated/α-hetero) is 1. The number of rotatable bonds is 1. The van der Waals surface area contributed by atoms with Crippen LogP contribution in [0.4, 0.5) is 0 Å². The Bertz CT molecular complexity index is 636. The summed E-state index contributed by atoms with van der Waals surface area (Å²) in [6.45, 7) is 9.05. The van der Waals surface area contributed by atoms with Gasteiger partial charge in [-0.1, -0.05) is 58.0 Å². The molecule has 4 rings (SSSR count). The summed E-state index contributed by atoms with van der Waals surface area (Å²) in [5.74, 6) is 1.44. The lowest BCUT2D eigenvalue weighted by Gasteiger charge is -2.44. The standard InChI is InChI=1S/C20H25ClO/c1-12-15(13-8-6-5-7-9-13)16-14-10-11-19(4,18(14,2)3)20(16,21)17(12)22/h5-9,12,14-16H,10-11H2,1-4H3/t12?,14-,15+,16+,19-,20-/m1/s1. The lowest BCUT2D eigenvalue weighted by molar-refractivity contribution is -0.126. The van der Waals surface area contributed by atoms with E-state index in [1.54, 1.807) is 0 Å². The predicted molar refractivity (Wildman–Crippen MR) is 90.0 cm³/mol. The van der Waals surface area contributed by atoms with Crippen LogP contribution in [0, 0.1) is 28.6 Å². The summed E-state index contributed by atoms with van der Waals surface area (Å²) in [5, 5.41) is 0. The molecule has 1 unspecified atom stereocenters. The third-order valence-corrected chi connectivity index (χ3v) is 8.74. The second-order valence-corrected chi connectivity index (χ2v) is 9.12. The van der Waals surface area contributed by atoms with Crippen molar-refractivity contribution in [3.63, 3.8) is 0 Å². The topological polar surface area (TPSA) is 17.1 Å². The van der Waals surface area contributed by atoms with E-state index in [0.717, 1.165) is 6.42 Å². The van der Waals surface area contributed by atoms with Gasteiger partial charge in [0, 0.05) is 5.92 Å². The van der Waals surface area contributed by atoms with Crippen molar-refractivity contribution >= 4 is 17.4 Å². The van der Waals surface area contributed by atoms with Crippen molar-refractivity contribution in [1.82, 2.24) is 0 Å². The first-order valence-corrected chi connectivity index (χ1v) is 8.93. The molecule has 118 valence electrons. The van der Waals surface area contributed by atoms with Gasteiger partial charge < -0.3 is 0 Å². The molecule has 0 amide bonds. The van der Waals surface area contributed by atoms with Gasteiger partial charge in [-0.3, -0.25) is 4.79 Å². The van der Waals surface area contributed by atoms with E-state index in [-0.39, 0.29) is 28.6 Å². The number of ketones is 1. The molecule has 3 fully saturated rings. The molecule has 0 radical (unpaired) electrons. The number of carbonyl (C=O) groups is 1. The Morgan fingerprint density at radius 1 is 1.14 bits per heavy atom. The van der Waals surface area contributed by atoms with Gasteiger partial charge in [0.05, 0.1) is 0 Å². The van der Waals surface area contributed by atoms with Gasteiger partial charge in [-0.05, 0) is 47.0 Å². The van der Waals surface area contributed by atoms with E-state index in [2.05, 4.69) is 52.0 Å². The molecule has 3 saturated carbocycles. The van der Waals surface area contributed by atoms with Gasteiger partial charge in [0.25, 0.3) is 0 Å². The van der Waals surface area contributed by atoms with Crippen molar-refractivity contribution in [3.05, 3.63) is 35.9 Å². The molecule has 22 heavy (non-hydrogen) atoms. The molecule has 1 aromatic carbocycles. The van der Waals surface area contributed by atoms with Gasteiger partial charge >= 0.3 is 0 Å². The minimum absolute atomic E-state index is 0.0286. The SMILES string of the molecule is CC1C(=O)[C@]2(Cl)[C@H]([C@@H]1c1ccccc1)[C@H]1CC[C@]2(C)C1(C)C. The number of carbonyl (C=O) groups excluding carboxylic acids is 1. The fourth-order valence-electron chi connectivity index (χ4n) is 6.37. The lowest BCUT2D eigenvalue weighted by Crippen LogP contribution is -2.49. The first-order valence-electron chi connectivity index (χ1n) is 8.55. The van der Waals surface area contributed by atoms with Crippen LogP contribution in [0.15, 0.2) is 30.3 Å². The van der Waals surface area contributed by atoms with E-state index in [0.29, 0.717) is 11.7 Å². The van der Waals surface area contributed by atoms with Crippen LogP contribution in [-0.4, -0.2) is 10.7 Å². The molecule has 3 aliphatic rings. The monoisotopic (exact) mass is 316 g/mol. The van der Waals surface area contributed by atoms with E-state index in [4.69, 9.17) is 11.6 Å². The molecular formula is C20H25ClO. The number of fused-ring (bicyclic) bond motifs is 5. The second-order valence-electron chi connectivity index (χ2n) is 8.53. The van der Waals surface area contributed by atoms with Crippen molar-refractivity contribution in [2.75, 3.05) is 0 Å². The highest BCUT2D eigenvalue weighted by Crippen LogP contribution is 2.79. The molecular weight excluding hydrogens is 292 g/mol. The normalized spacial score (nSPS) is 48.7. The fraction of sp³-hybridized carbons (Fsp3) is 0.650. The largest absolute Gasteiger partial charge is 0.297 e. The first kappa shape index (κ1) is 14.8. The summed E-state index contributed by atoms with van der Waals surface area (Å²) in [6, 6.07) is 10.6. The van der Waals surface area contributed by atoms with Crippen molar-refractivity contribution in [1.29, 1.82) is 0 Å². The molecule has 0 aliphatic heterocycles. The second kappa shape index (κ2) is 4.17. The maximum Gasteiger partial charge on any atom is 0.158 e. The van der Waals surface area contributed by atoms with E-state index in [1.165, 1.54) is 12.0 Å². The molecule has 6 atom stereocenters. The number of benzene rings is 1. The van der Waals surface area contributed by atoms with Crippen LogP contribution >= 0.6 is 11.6 Å². The van der Waals surface area contributed by atoms with Crippen molar-refractivity contribution in [3.8, 4) is 0 Å². The maximum absolute atomic E-state index is 13.2. The molecule has 1 aromatic rings. The summed E-state index contributed by atoms with van der Waals surface area (Å²) in [6.07, 6.45) is 2.30. The van der Waals surface area contributed by atoms with Crippen LogP contribution in [0.2, 0.25) is 0 Å². The minimum Gasteiger partial charge on any atom is -0.297 e.